The second kappa shape index (κ2) is 6.52. The highest BCUT2D eigenvalue weighted by Gasteiger charge is 2.44. The molecule has 4 atom stereocenters. The summed E-state index contributed by atoms with van der Waals surface area (Å²) in [5.41, 5.74) is -5.04. The number of nitrogens with one attached hydrogen (secondary N) is 1. The molecule has 0 aliphatic carbocycles. The molecule has 142 valence electrons. The molecule has 0 amide bonds. The van der Waals surface area contributed by atoms with E-state index < -0.39 is 53.4 Å². The standard InChI is InChI=1S/C13H16F4N2O6/c1-12(2)24-4-6(20)8(25-12)7(21)9(14)19-3-5(13(15,16)17)10(22)18-11(19)23/h3,6-9,20-21H,4H2,1-2H3,(H,18,22,23)/t6-,7-,8?,9+/m1/s1. The lowest BCUT2D eigenvalue weighted by Crippen LogP contribution is -2.55. The number of aliphatic hydroxyl groups excluding tert-OH is 2. The first kappa shape index (κ1) is 19.6. The van der Waals surface area contributed by atoms with E-state index in [1.165, 1.54) is 18.8 Å². The Labute approximate surface area is 137 Å². The molecule has 3 N–H and O–H groups in total. The van der Waals surface area contributed by atoms with Crippen molar-refractivity contribution in [1.29, 1.82) is 0 Å². The van der Waals surface area contributed by atoms with Crippen LogP contribution in [0.4, 0.5) is 17.6 Å². The van der Waals surface area contributed by atoms with Gasteiger partial charge in [-0.2, -0.15) is 13.2 Å². The highest BCUT2D eigenvalue weighted by Crippen LogP contribution is 2.30. The van der Waals surface area contributed by atoms with Crippen molar-refractivity contribution in [3.63, 3.8) is 0 Å². The first-order chi connectivity index (χ1) is 11.3. The smallest absolute Gasteiger partial charge is 0.388 e. The van der Waals surface area contributed by atoms with Crippen molar-refractivity contribution in [2.24, 2.45) is 0 Å². The van der Waals surface area contributed by atoms with Gasteiger partial charge >= 0.3 is 11.9 Å². The zero-order valence-electron chi connectivity index (χ0n) is 13.1. The average molecular weight is 372 g/mol. The summed E-state index contributed by atoms with van der Waals surface area (Å²) in [6.45, 7) is 2.51. The molecule has 0 radical (unpaired) electrons. The zero-order chi connectivity index (χ0) is 19.2. The third-order valence-corrected chi connectivity index (χ3v) is 3.56. The molecule has 1 aromatic rings. The number of aromatic nitrogens is 2. The number of rotatable bonds is 3. The van der Waals surface area contributed by atoms with E-state index in [4.69, 9.17) is 9.47 Å². The van der Waals surface area contributed by atoms with Gasteiger partial charge < -0.3 is 19.7 Å². The summed E-state index contributed by atoms with van der Waals surface area (Å²) in [4.78, 5) is 24.2. The number of hydrogen-bond acceptors (Lipinski definition) is 6. The van der Waals surface area contributed by atoms with Crippen LogP contribution in [-0.4, -0.2) is 50.5 Å². The van der Waals surface area contributed by atoms with Gasteiger partial charge in [-0.15, -0.1) is 0 Å². The Morgan fingerprint density at radius 3 is 2.56 bits per heavy atom. The Morgan fingerprint density at radius 1 is 1.40 bits per heavy atom. The van der Waals surface area contributed by atoms with E-state index >= 15 is 0 Å². The summed E-state index contributed by atoms with van der Waals surface area (Å²) in [5, 5.41) is 19.8. The summed E-state index contributed by atoms with van der Waals surface area (Å²) >= 11 is 0. The fraction of sp³-hybridized carbons (Fsp3) is 0.692. The lowest BCUT2D eigenvalue weighted by Gasteiger charge is -2.41. The van der Waals surface area contributed by atoms with Crippen molar-refractivity contribution < 1.29 is 37.2 Å². The largest absolute Gasteiger partial charge is 0.423 e. The number of ether oxygens (including phenoxy) is 2. The second-order valence-electron chi connectivity index (χ2n) is 5.93. The molecule has 1 aromatic heterocycles. The summed E-state index contributed by atoms with van der Waals surface area (Å²) in [5.74, 6) is -1.29. The van der Waals surface area contributed by atoms with Crippen LogP contribution in [0.25, 0.3) is 0 Å². The summed E-state index contributed by atoms with van der Waals surface area (Å²) < 4.78 is 62.9. The van der Waals surface area contributed by atoms with Crippen LogP contribution in [0.15, 0.2) is 15.8 Å². The quantitative estimate of drug-likeness (QED) is 0.639. The lowest BCUT2D eigenvalue weighted by atomic mass is 10.1. The van der Waals surface area contributed by atoms with E-state index in [9.17, 15) is 37.4 Å². The monoisotopic (exact) mass is 372 g/mol. The lowest BCUT2D eigenvalue weighted by molar-refractivity contribution is -0.324. The van der Waals surface area contributed by atoms with Crippen molar-refractivity contribution in [2.45, 2.75) is 50.4 Å². The van der Waals surface area contributed by atoms with Crippen LogP contribution >= 0.6 is 0 Å². The second-order valence-corrected chi connectivity index (χ2v) is 5.93. The van der Waals surface area contributed by atoms with Crippen molar-refractivity contribution >= 4 is 0 Å². The van der Waals surface area contributed by atoms with Crippen LogP contribution in [-0.2, 0) is 15.7 Å². The van der Waals surface area contributed by atoms with Crippen molar-refractivity contribution in [3.05, 3.63) is 32.6 Å². The van der Waals surface area contributed by atoms with Gasteiger partial charge in [-0.05, 0) is 13.8 Å². The molecule has 0 aromatic carbocycles. The van der Waals surface area contributed by atoms with Crippen LogP contribution < -0.4 is 11.2 Å². The molecule has 0 spiro atoms. The van der Waals surface area contributed by atoms with Gasteiger partial charge in [-0.25, -0.2) is 9.18 Å². The van der Waals surface area contributed by atoms with Crippen LogP contribution in [0, 0.1) is 0 Å². The van der Waals surface area contributed by atoms with Gasteiger partial charge in [0.2, 0.25) is 6.30 Å². The molecule has 2 heterocycles. The summed E-state index contributed by atoms with van der Waals surface area (Å²) in [6, 6.07) is 0. The number of aromatic amines is 1. The van der Waals surface area contributed by atoms with E-state index in [0.29, 0.717) is 0 Å². The number of H-pyrrole nitrogens is 1. The maximum Gasteiger partial charge on any atom is 0.423 e. The van der Waals surface area contributed by atoms with Gasteiger partial charge in [0.25, 0.3) is 5.56 Å². The zero-order valence-corrected chi connectivity index (χ0v) is 13.1. The SMILES string of the molecule is CC1(C)OC[C@@H](O)C([C@@H](O)[C@@H](F)n2cc(C(F)(F)F)c(=O)[nH]c2=O)O1. The molecule has 2 rings (SSSR count). The fourth-order valence-electron chi connectivity index (χ4n) is 2.31. The van der Waals surface area contributed by atoms with Gasteiger partial charge in [0.15, 0.2) is 5.79 Å². The number of hydrogen-bond donors (Lipinski definition) is 3. The molecular formula is C13H16F4N2O6. The van der Waals surface area contributed by atoms with Gasteiger partial charge in [0.1, 0.15) is 23.9 Å². The van der Waals surface area contributed by atoms with E-state index in [1.54, 1.807) is 0 Å². The van der Waals surface area contributed by atoms with Crippen LogP contribution in [0.1, 0.15) is 25.7 Å². The van der Waals surface area contributed by atoms with E-state index in [1.807, 2.05) is 0 Å². The minimum atomic E-state index is -5.13. The molecule has 8 nitrogen and oxygen atoms in total. The van der Waals surface area contributed by atoms with Crippen molar-refractivity contribution in [1.82, 2.24) is 9.55 Å². The van der Waals surface area contributed by atoms with Crippen LogP contribution in [0.3, 0.4) is 0 Å². The van der Waals surface area contributed by atoms with Gasteiger partial charge in [-0.3, -0.25) is 14.3 Å². The molecule has 1 unspecified atom stereocenters. The summed E-state index contributed by atoms with van der Waals surface area (Å²) in [6.07, 6.45) is -13.2. The minimum absolute atomic E-state index is 0.0358. The topological polar surface area (TPSA) is 114 Å². The van der Waals surface area contributed by atoms with Crippen LogP contribution in [0.5, 0.6) is 0 Å². The van der Waals surface area contributed by atoms with Gasteiger partial charge in [-0.1, -0.05) is 0 Å². The number of nitrogens with zero attached hydrogens (tertiary/aromatic N) is 1. The third kappa shape index (κ3) is 4.08. The van der Waals surface area contributed by atoms with E-state index in [-0.39, 0.29) is 17.4 Å². The molecule has 1 aliphatic rings. The normalized spacial score (nSPS) is 26.2. The Kier molecular flexibility index (Phi) is 5.10. The number of alkyl halides is 4. The number of halogens is 4. The molecule has 25 heavy (non-hydrogen) atoms. The Hall–Kier alpha value is -1.76. The molecule has 12 heteroatoms. The molecule has 1 saturated heterocycles. The van der Waals surface area contributed by atoms with Crippen molar-refractivity contribution in [2.75, 3.05) is 6.61 Å². The third-order valence-electron chi connectivity index (χ3n) is 3.56. The van der Waals surface area contributed by atoms with Gasteiger partial charge in [0, 0.05) is 6.20 Å². The van der Waals surface area contributed by atoms with Gasteiger partial charge in [0.05, 0.1) is 6.61 Å². The maximum absolute atomic E-state index is 14.5. The Morgan fingerprint density at radius 2 is 2.00 bits per heavy atom. The molecular weight excluding hydrogens is 356 g/mol. The number of aliphatic hydroxyl groups is 2. The molecule has 0 saturated carbocycles. The molecule has 1 fully saturated rings. The predicted octanol–water partition coefficient (Wildman–Crippen LogP) is -0.103. The Balaban J connectivity index is 2.38. The first-order valence-corrected chi connectivity index (χ1v) is 7.08. The average Bonchev–Trinajstić information content (AvgIpc) is 2.47. The minimum Gasteiger partial charge on any atom is -0.388 e. The van der Waals surface area contributed by atoms with E-state index in [2.05, 4.69) is 0 Å². The Bertz CT molecular complexity index is 743. The molecule has 0 bridgehead atoms. The van der Waals surface area contributed by atoms with Crippen molar-refractivity contribution in [3.8, 4) is 0 Å². The van der Waals surface area contributed by atoms with E-state index in [0.717, 1.165) is 0 Å². The highest BCUT2D eigenvalue weighted by atomic mass is 19.4. The first-order valence-electron chi connectivity index (χ1n) is 7.08. The predicted molar refractivity (Wildman–Crippen MR) is 73.4 cm³/mol. The fourth-order valence-corrected chi connectivity index (χ4v) is 2.31. The highest BCUT2D eigenvalue weighted by molar-refractivity contribution is 5.09. The molecule has 1 aliphatic heterocycles. The maximum atomic E-state index is 14.5. The summed E-state index contributed by atoms with van der Waals surface area (Å²) in [7, 11) is 0. The van der Waals surface area contributed by atoms with Crippen LogP contribution in [0.2, 0.25) is 0 Å².